The van der Waals surface area contributed by atoms with Gasteiger partial charge in [-0.25, -0.2) is 4.79 Å². The zero-order valence-electron chi connectivity index (χ0n) is 31.4. The molecule has 10 heteroatoms. The van der Waals surface area contributed by atoms with Gasteiger partial charge < -0.3 is 35.1 Å². The number of carbonyl (C=O) groups excluding carboxylic acids is 1. The normalized spacial score (nSPS) is 17.6. The van der Waals surface area contributed by atoms with E-state index < -0.39 is 17.7 Å². The first-order valence-corrected chi connectivity index (χ1v) is 19.9. The van der Waals surface area contributed by atoms with Crippen LogP contribution >= 0.6 is 0 Å². The number of nitrogens with zero attached hydrogens (tertiary/aromatic N) is 1. The van der Waals surface area contributed by atoms with Crippen molar-refractivity contribution in [3.05, 3.63) is 106 Å². The summed E-state index contributed by atoms with van der Waals surface area (Å²) in [7, 11) is 0. The first kappa shape index (κ1) is 39.5. The van der Waals surface area contributed by atoms with Crippen LogP contribution in [0.25, 0.3) is 10.9 Å². The number of aromatic nitrogens is 1. The summed E-state index contributed by atoms with van der Waals surface area (Å²) in [5, 5.41) is 36.5. The van der Waals surface area contributed by atoms with E-state index in [0.29, 0.717) is 47.7 Å². The Kier molecular flexibility index (Phi) is 14.2. The number of phenolic OH excluding ortho intramolecular Hbond substituents is 1. The Balaban J connectivity index is 0.826. The third-order valence-corrected chi connectivity index (χ3v) is 11.3. The predicted octanol–water partition coefficient (Wildman–Crippen LogP) is 6.72. The minimum atomic E-state index is -1.58. The fourth-order valence-corrected chi connectivity index (χ4v) is 8.09. The van der Waals surface area contributed by atoms with Crippen molar-refractivity contribution in [2.45, 2.75) is 88.9 Å². The van der Waals surface area contributed by atoms with Gasteiger partial charge in [-0.05, 0) is 105 Å². The van der Waals surface area contributed by atoms with Crippen LogP contribution in [-0.4, -0.2) is 70.6 Å². The lowest BCUT2D eigenvalue weighted by atomic mass is 9.73. The number of esters is 1. The van der Waals surface area contributed by atoms with Gasteiger partial charge in [0.25, 0.3) is 0 Å². The van der Waals surface area contributed by atoms with Gasteiger partial charge in [-0.15, -0.1) is 0 Å². The molecule has 0 radical (unpaired) electrons. The molecule has 1 saturated carbocycles. The van der Waals surface area contributed by atoms with E-state index in [1.807, 2.05) is 42.5 Å². The van der Waals surface area contributed by atoms with E-state index in [0.717, 1.165) is 103 Å². The second kappa shape index (κ2) is 19.4. The molecular formula is C44H57N3O7. The number of aliphatic hydroxyl groups excluding tert-OH is 1. The van der Waals surface area contributed by atoms with E-state index in [1.165, 1.54) is 17.7 Å². The van der Waals surface area contributed by atoms with Crippen LogP contribution in [-0.2, 0) is 21.7 Å². The topological polar surface area (TPSA) is 144 Å². The van der Waals surface area contributed by atoms with E-state index in [4.69, 9.17) is 9.47 Å². The van der Waals surface area contributed by atoms with Crippen LogP contribution in [0.5, 0.6) is 11.5 Å². The van der Waals surface area contributed by atoms with Gasteiger partial charge in [0.05, 0.1) is 24.8 Å². The number of likely N-dealkylation sites (tertiary alicyclic amines) is 1. The third-order valence-electron chi connectivity index (χ3n) is 11.3. The van der Waals surface area contributed by atoms with Crippen molar-refractivity contribution in [3.8, 4) is 11.5 Å². The quantitative estimate of drug-likeness (QED) is 0.0555. The number of ether oxygens (including phenoxy) is 2. The van der Waals surface area contributed by atoms with Crippen molar-refractivity contribution < 1.29 is 29.6 Å². The number of H-pyrrole nitrogens is 1. The molecule has 2 heterocycles. The molecule has 1 aliphatic carbocycles. The van der Waals surface area contributed by atoms with E-state index >= 15 is 0 Å². The lowest BCUT2D eigenvalue weighted by Gasteiger charge is -2.37. The number of fused-ring (bicyclic) bond motifs is 1. The molecule has 2 aliphatic rings. The zero-order valence-corrected chi connectivity index (χ0v) is 31.4. The molecule has 1 aliphatic heterocycles. The molecular weight excluding hydrogens is 682 g/mol. The first-order chi connectivity index (χ1) is 26.3. The molecule has 290 valence electrons. The average molecular weight is 740 g/mol. The molecule has 0 bridgehead atoms. The fraction of sp³-hybridized carbons (Fsp3) is 0.500. The Hall–Kier alpha value is -4.22. The number of hydrogen-bond acceptors (Lipinski definition) is 9. The van der Waals surface area contributed by atoms with Gasteiger partial charge in [-0.3, -0.25) is 9.69 Å². The summed E-state index contributed by atoms with van der Waals surface area (Å²) in [6.45, 7) is 4.96. The highest BCUT2D eigenvalue weighted by molar-refractivity contribution is 5.87. The summed E-state index contributed by atoms with van der Waals surface area (Å²) >= 11 is 0. The van der Waals surface area contributed by atoms with Gasteiger partial charge in [-0.1, -0.05) is 80.6 Å². The van der Waals surface area contributed by atoms with Crippen molar-refractivity contribution >= 4 is 16.9 Å². The average Bonchev–Trinajstić information content (AvgIpc) is 3.21. The number of aliphatic hydroxyl groups is 2. The maximum atomic E-state index is 13.5. The number of phenols is 1. The Morgan fingerprint density at radius 2 is 1.63 bits per heavy atom. The molecule has 1 aromatic heterocycles. The highest BCUT2D eigenvalue weighted by Crippen LogP contribution is 2.40. The second-order valence-electron chi connectivity index (χ2n) is 15.2. The number of piperidine rings is 1. The standard InChI is InChI=1S/C44H57N3O7/c48-39-21-19-37(38-20-22-41(50)46-42(38)39)40(49)29-45-25-9-1-2-10-28-53-36-17-15-32(16-18-36)30-47-26-23-33(24-27-47)31-54-43(51)44(52,34-11-5-3-6-12-34)35-13-7-4-8-14-35/h3,5-6,11-12,15-22,33,35,40,45,48-49,52H,1-2,4,7-10,13-14,23-31H2,(H,46,50)/t40-,44?/m1/s1. The number of carbonyl (C=O) groups is 1. The van der Waals surface area contributed by atoms with Gasteiger partial charge in [0.1, 0.15) is 11.5 Å². The molecule has 2 atom stereocenters. The second-order valence-corrected chi connectivity index (χ2v) is 15.2. The molecule has 2 fully saturated rings. The maximum absolute atomic E-state index is 13.5. The van der Waals surface area contributed by atoms with Crippen LogP contribution in [0.1, 0.15) is 93.4 Å². The molecule has 10 nitrogen and oxygen atoms in total. The van der Waals surface area contributed by atoms with Crippen LogP contribution in [0.3, 0.4) is 0 Å². The van der Waals surface area contributed by atoms with Crippen molar-refractivity contribution in [2.75, 3.05) is 39.4 Å². The third kappa shape index (κ3) is 10.3. The van der Waals surface area contributed by atoms with E-state index in [-0.39, 0.29) is 17.2 Å². The van der Waals surface area contributed by atoms with Crippen molar-refractivity contribution in [1.82, 2.24) is 15.2 Å². The molecule has 5 N–H and O–H groups in total. The number of unbranched alkanes of at least 4 members (excludes halogenated alkanes) is 3. The zero-order chi connectivity index (χ0) is 37.8. The Morgan fingerprint density at radius 3 is 2.39 bits per heavy atom. The van der Waals surface area contributed by atoms with Gasteiger partial charge in [-0.2, -0.15) is 0 Å². The van der Waals surface area contributed by atoms with Gasteiger partial charge >= 0.3 is 5.97 Å². The fourth-order valence-electron chi connectivity index (χ4n) is 8.09. The molecule has 6 rings (SSSR count). The Labute approximate surface area is 318 Å². The maximum Gasteiger partial charge on any atom is 0.343 e. The van der Waals surface area contributed by atoms with Gasteiger partial charge in [0.15, 0.2) is 5.60 Å². The van der Waals surface area contributed by atoms with Crippen molar-refractivity contribution in [2.24, 2.45) is 11.8 Å². The number of pyridine rings is 1. The summed E-state index contributed by atoms with van der Waals surface area (Å²) in [6.07, 6.45) is 10.2. The number of aromatic amines is 1. The molecule has 1 saturated heterocycles. The lowest BCUT2D eigenvalue weighted by Crippen LogP contribution is -2.46. The highest BCUT2D eigenvalue weighted by Gasteiger charge is 2.47. The molecule has 54 heavy (non-hydrogen) atoms. The Bertz CT molecular complexity index is 1820. The van der Waals surface area contributed by atoms with Crippen molar-refractivity contribution in [3.63, 3.8) is 0 Å². The molecule has 0 amide bonds. The summed E-state index contributed by atoms with van der Waals surface area (Å²) in [6, 6.07) is 23.9. The first-order valence-electron chi connectivity index (χ1n) is 19.9. The van der Waals surface area contributed by atoms with Gasteiger partial charge in [0.2, 0.25) is 5.56 Å². The number of benzene rings is 3. The largest absolute Gasteiger partial charge is 0.506 e. The summed E-state index contributed by atoms with van der Waals surface area (Å²) in [4.78, 5) is 30.2. The number of aromatic hydroxyl groups is 1. The van der Waals surface area contributed by atoms with Crippen LogP contribution in [0, 0.1) is 11.8 Å². The molecule has 1 unspecified atom stereocenters. The predicted molar refractivity (Wildman–Crippen MR) is 210 cm³/mol. The molecule has 3 aromatic carbocycles. The van der Waals surface area contributed by atoms with E-state index in [1.54, 1.807) is 12.1 Å². The molecule has 4 aromatic rings. The SMILES string of the molecule is O=C(OCC1CCN(Cc2ccc(OCCCCCCNC[C@@H](O)c3ccc(O)c4[nH]c(=O)ccc34)cc2)CC1)C(O)(c1ccccc1)C1CCCCC1. The lowest BCUT2D eigenvalue weighted by molar-refractivity contribution is -0.177. The summed E-state index contributed by atoms with van der Waals surface area (Å²) in [5.41, 5.74) is 1.02. The minimum Gasteiger partial charge on any atom is -0.506 e. The van der Waals surface area contributed by atoms with Crippen LogP contribution in [0.15, 0.2) is 83.7 Å². The minimum absolute atomic E-state index is 0.0147. The van der Waals surface area contributed by atoms with Crippen molar-refractivity contribution in [1.29, 1.82) is 0 Å². The monoisotopic (exact) mass is 739 g/mol. The number of rotatable bonds is 18. The summed E-state index contributed by atoms with van der Waals surface area (Å²) in [5.74, 6) is 0.563. The highest BCUT2D eigenvalue weighted by atomic mass is 16.5. The van der Waals surface area contributed by atoms with Crippen LogP contribution in [0.4, 0.5) is 0 Å². The molecule has 0 spiro atoms. The number of nitrogens with one attached hydrogen (secondary N) is 2. The van der Waals surface area contributed by atoms with Crippen LogP contribution in [0.2, 0.25) is 0 Å². The van der Waals surface area contributed by atoms with Gasteiger partial charge in [0, 0.05) is 30.5 Å². The van der Waals surface area contributed by atoms with E-state index in [2.05, 4.69) is 27.3 Å². The van der Waals surface area contributed by atoms with E-state index in [9.17, 15) is 24.9 Å². The number of hydrogen-bond donors (Lipinski definition) is 5. The summed E-state index contributed by atoms with van der Waals surface area (Å²) < 4.78 is 11.9. The van der Waals surface area contributed by atoms with Crippen LogP contribution < -0.4 is 15.6 Å². The smallest absolute Gasteiger partial charge is 0.343 e. The Morgan fingerprint density at radius 1 is 0.889 bits per heavy atom.